The molecule has 1 N–H and O–H groups in total. The first-order valence-electron chi connectivity index (χ1n) is 5.16. The molecule has 0 unspecified atom stereocenters. The Bertz CT molecular complexity index is 384. The van der Waals surface area contributed by atoms with Gasteiger partial charge in [0.1, 0.15) is 0 Å². The fourth-order valence-corrected chi connectivity index (χ4v) is 1.87. The smallest absolute Gasteiger partial charge is 0.359 e. The van der Waals surface area contributed by atoms with Crippen LogP contribution in [0, 0.1) is 0 Å². The molecule has 0 aromatic carbocycles. The average Bonchev–Trinajstić information content (AvgIpc) is 2.58. The summed E-state index contributed by atoms with van der Waals surface area (Å²) in [4.78, 5) is 11.6. The van der Waals surface area contributed by atoms with Crippen LogP contribution in [0.3, 0.4) is 0 Å². The molecule has 0 radical (unpaired) electrons. The topological polar surface area (TPSA) is 56.1 Å². The SMILES string of the molecule is CCOC(=O)c1nn(C)c2c1CCNC2. The molecule has 0 fully saturated rings. The molecule has 1 aromatic heterocycles. The van der Waals surface area contributed by atoms with Crippen LogP contribution in [-0.2, 0) is 24.8 Å². The van der Waals surface area contributed by atoms with Crippen LogP contribution in [-0.4, -0.2) is 28.9 Å². The Morgan fingerprint density at radius 3 is 3.20 bits per heavy atom. The standard InChI is InChI=1S/C10H15N3O2/c1-3-15-10(14)9-7-4-5-11-6-8(7)13(2)12-9/h11H,3-6H2,1-2H3. The Labute approximate surface area is 88.4 Å². The first kappa shape index (κ1) is 10.2. The fourth-order valence-electron chi connectivity index (χ4n) is 1.87. The van der Waals surface area contributed by atoms with E-state index in [1.165, 1.54) is 0 Å². The molecule has 2 heterocycles. The second-order valence-corrected chi connectivity index (χ2v) is 3.54. The normalized spacial score (nSPS) is 14.8. The van der Waals surface area contributed by atoms with Crippen LogP contribution in [0.15, 0.2) is 0 Å². The summed E-state index contributed by atoms with van der Waals surface area (Å²) in [6, 6.07) is 0. The van der Waals surface area contributed by atoms with Crippen molar-refractivity contribution in [3.63, 3.8) is 0 Å². The number of hydrogen-bond acceptors (Lipinski definition) is 4. The van der Waals surface area contributed by atoms with E-state index in [4.69, 9.17) is 4.74 Å². The lowest BCUT2D eigenvalue weighted by molar-refractivity contribution is 0.0517. The highest BCUT2D eigenvalue weighted by atomic mass is 16.5. The van der Waals surface area contributed by atoms with Gasteiger partial charge < -0.3 is 10.1 Å². The highest BCUT2D eigenvalue weighted by Crippen LogP contribution is 2.18. The van der Waals surface area contributed by atoms with Gasteiger partial charge in [0.25, 0.3) is 0 Å². The van der Waals surface area contributed by atoms with Crippen LogP contribution in [0.4, 0.5) is 0 Å². The van der Waals surface area contributed by atoms with E-state index in [0.29, 0.717) is 12.3 Å². The van der Waals surface area contributed by atoms with E-state index < -0.39 is 0 Å². The molecule has 0 saturated heterocycles. The van der Waals surface area contributed by atoms with Crippen LogP contribution in [0.1, 0.15) is 28.7 Å². The van der Waals surface area contributed by atoms with Gasteiger partial charge in [-0.15, -0.1) is 0 Å². The highest BCUT2D eigenvalue weighted by Gasteiger charge is 2.24. The van der Waals surface area contributed by atoms with Gasteiger partial charge in [0.05, 0.1) is 12.3 Å². The third-order valence-corrected chi connectivity index (χ3v) is 2.59. The summed E-state index contributed by atoms with van der Waals surface area (Å²) in [6.45, 7) is 3.86. The van der Waals surface area contributed by atoms with Crippen LogP contribution in [0.5, 0.6) is 0 Å². The van der Waals surface area contributed by atoms with Gasteiger partial charge in [-0.1, -0.05) is 0 Å². The number of fused-ring (bicyclic) bond motifs is 1. The first-order chi connectivity index (χ1) is 7.24. The van der Waals surface area contributed by atoms with Gasteiger partial charge in [-0.25, -0.2) is 4.79 Å². The van der Waals surface area contributed by atoms with Crippen molar-refractivity contribution in [2.24, 2.45) is 7.05 Å². The van der Waals surface area contributed by atoms with E-state index in [1.54, 1.807) is 11.6 Å². The number of hydrogen-bond donors (Lipinski definition) is 1. The molecular formula is C10H15N3O2. The van der Waals surface area contributed by atoms with E-state index >= 15 is 0 Å². The zero-order valence-corrected chi connectivity index (χ0v) is 9.04. The van der Waals surface area contributed by atoms with E-state index in [9.17, 15) is 4.79 Å². The summed E-state index contributed by atoms with van der Waals surface area (Å²) in [7, 11) is 1.86. The molecular weight excluding hydrogens is 194 g/mol. The maximum atomic E-state index is 11.6. The Hall–Kier alpha value is -1.36. The average molecular weight is 209 g/mol. The third kappa shape index (κ3) is 1.74. The largest absolute Gasteiger partial charge is 0.461 e. The lowest BCUT2D eigenvalue weighted by Crippen LogP contribution is -2.25. The zero-order chi connectivity index (χ0) is 10.8. The number of nitrogens with zero attached hydrogens (tertiary/aromatic N) is 2. The number of esters is 1. The van der Waals surface area contributed by atoms with Crippen molar-refractivity contribution in [3.8, 4) is 0 Å². The third-order valence-electron chi connectivity index (χ3n) is 2.59. The molecule has 0 saturated carbocycles. The van der Waals surface area contributed by atoms with Gasteiger partial charge >= 0.3 is 5.97 Å². The second kappa shape index (κ2) is 4.02. The molecule has 0 atom stereocenters. The Kier molecular flexibility index (Phi) is 2.73. The number of carbonyl (C=O) groups is 1. The van der Waals surface area contributed by atoms with E-state index in [1.807, 2.05) is 7.05 Å². The fraction of sp³-hybridized carbons (Fsp3) is 0.600. The molecule has 5 nitrogen and oxygen atoms in total. The zero-order valence-electron chi connectivity index (χ0n) is 9.04. The molecule has 0 amide bonds. The van der Waals surface area contributed by atoms with E-state index in [0.717, 1.165) is 30.8 Å². The molecule has 0 aliphatic carbocycles. The van der Waals surface area contributed by atoms with Crippen molar-refractivity contribution < 1.29 is 9.53 Å². The van der Waals surface area contributed by atoms with Gasteiger partial charge in [0.15, 0.2) is 5.69 Å². The number of aromatic nitrogens is 2. The minimum atomic E-state index is -0.309. The molecule has 1 aliphatic heterocycles. The van der Waals surface area contributed by atoms with Gasteiger partial charge in [0.2, 0.25) is 0 Å². The van der Waals surface area contributed by atoms with Gasteiger partial charge in [-0.2, -0.15) is 5.10 Å². The van der Waals surface area contributed by atoms with Crippen LogP contribution in [0.25, 0.3) is 0 Å². The van der Waals surface area contributed by atoms with Crippen LogP contribution in [0.2, 0.25) is 0 Å². The maximum Gasteiger partial charge on any atom is 0.359 e. The minimum Gasteiger partial charge on any atom is -0.461 e. The predicted octanol–water partition coefficient (Wildman–Crippen LogP) is 0.242. The summed E-state index contributed by atoms with van der Waals surface area (Å²) < 4.78 is 6.73. The van der Waals surface area contributed by atoms with Crippen molar-refractivity contribution in [3.05, 3.63) is 17.0 Å². The lowest BCUT2D eigenvalue weighted by atomic mass is 10.1. The summed E-state index contributed by atoms with van der Waals surface area (Å²) in [5.74, 6) is -0.309. The summed E-state index contributed by atoms with van der Waals surface area (Å²) in [6.07, 6.45) is 0.845. The molecule has 1 aliphatic rings. The molecule has 82 valence electrons. The monoisotopic (exact) mass is 209 g/mol. The highest BCUT2D eigenvalue weighted by molar-refractivity contribution is 5.89. The molecule has 2 rings (SSSR count). The number of nitrogens with one attached hydrogen (secondary N) is 1. The quantitative estimate of drug-likeness (QED) is 0.709. The Morgan fingerprint density at radius 1 is 1.67 bits per heavy atom. The predicted molar refractivity (Wildman–Crippen MR) is 54.6 cm³/mol. The van der Waals surface area contributed by atoms with Crippen LogP contribution >= 0.6 is 0 Å². The van der Waals surface area contributed by atoms with Crippen molar-refractivity contribution in [1.29, 1.82) is 0 Å². The van der Waals surface area contributed by atoms with Crippen molar-refractivity contribution in [1.82, 2.24) is 15.1 Å². The molecule has 0 bridgehead atoms. The first-order valence-corrected chi connectivity index (χ1v) is 5.16. The number of rotatable bonds is 2. The minimum absolute atomic E-state index is 0.309. The summed E-state index contributed by atoms with van der Waals surface area (Å²) >= 11 is 0. The number of aryl methyl sites for hydroxylation is 1. The van der Waals surface area contributed by atoms with Crippen molar-refractivity contribution >= 4 is 5.97 Å². The number of carbonyl (C=O) groups excluding carboxylic acids is 1. The number of ether oxygens (including phenoxy) is 1. The Morgan fingerprint density at radius 2 is 2.47 bits per heavy atom. The molecule has 1 aromatic rings. The van der Waals surface area contributed by atoms with Crippen molar-refractivity contribution in [2.45, 2.75) is 19.9 Å². The van der Waals surface area contributed by atoms with E-state index in [2.05, 4.69) is 10.4 Å². The summed E-state index contributed by atoms with van der Waals surface area (Å²) in [5, 5.41) is 7.47. The Balaban J connectivity index is 2.35. The summed E-state index contributed by atoms with van der Waals surface area (Å²) in [5.41, 5.74) is 2.61. The van der Waals surface area contributed by atoms with Gasteiger partial charge in [-0.05, 0) is 19.9 Å². The van der Waals surface area contributed by atoms with E-state index in [-0.39, 0.29) is 5.97 Å². The van der Waals surface area contributed by atoms with Crippen molar-refractivity contribution in [2.75, 3.05) is 13.2 Å². The second-order valence-electron chi connectivity index (χ2n) is 3.54. The van der Waals surface area contributed by atoms with Gasteiger partial charge in [0, 0.05) is 19.2 Å². The molecule has 15 heavy (non-hydrogen) atoms. The van der Waals surface area contributed by atoms with Gasteiger partial charge in [-0.3, -0.25) is 4.68 Å². The van der Waals surface area contributed by atoms with Crippen LogP contribution < -0.4 is 5.32 Å². The molecule has 0 spiro atoms. The maximum absolute atomic E-state index is 11.6. The lowest BCUT2D eigenvalue weighted by Gasteiger charge is -2.13. The molecule has 5 heteroatoms.